The number of nitrogens with one attached hydrogen (secondary N) is 2. The quantitative estimate of drug-likeness (QED) is 0.183. The van der Waals surface area contributed by atoms with Crippen LogP contribution in [0.2, 0.25) is 0 Å². The molecular formula is C37H35N3O5. The highest BCUT2D eigenvalue weighted by Crippen LogP contribution is 2.41. The van der Waals surface area contributed by atoms with Crippen LogP contribution in [0, 0.1) is 6.92 Å². The number of carbonyl (C=O) groups excluding carboxylic acids is 1. The molecule has 0 spiro atoms. The van der Waals surface area contributed by atoms with Gasteiger partial charge in [-0.05, 0) is 60.9 Å². The Labute approximate surface area is 260 Å². The van der Waals surface area contributed by atoms with Crippen molar-refractivity contribution in [1.82, 2.24) is 14.9 Å². The highest BCUT2D eigenvalue weighted by Gasteiger charge is 2.30. The third kappa shape index (κ3) is 5.40. The van der Waals surface area contributed by atoms with Gasteiger partial charge in [0.15, 0.2) is 11.5 Å². The molecule has 0 saturated heterocycles. The normalized spacial score (nSPS) is 11.9. The maximum absolute atomic E-state index is 14.1. The van der Waals surface area contributed by atoms with E-state index in [1.807, 2.05) is 79.7 Å². The highest BCUT2D eigenvalue weighted by molar-refractivity contribution is 5.95. The molecule has 0 bridgehead atoms. The number of aromatic amines is 1. The topological polar surface area (TPSA) is 106 Å². The van der Waals surface area contributed by atoms with E-state index in [2.05, 4.69) is 10.3 Å². The summed E-state index contributed by atoms with van der Waals surface area (Å²) in [5.41, 5.74) is 5.73. The molecule has 0 fully saturated rings. The Balaban J connectivity index is 1.45. The van der Waals surface area contributed by atoms with E-state index in [0.29, 0.717) is 46.5 Å². The molecule has 1 amide bonds. The number of para-hydroxylation sites is 2. The van der Waals surface area contributed by atoms with Gasteiger partial charge in [0.1, 0.15) is 5.75 Å². The molecule has 3 N–H and O–H groups in total. The van der Waals surface area contributed by atoms with E-state index in [9.17, 15) is 14.7 Å². The smallest absolute Gasteiger partial charge is 0.258 e. The number of ether oxygens (including phenoxy) is 2. The molecule has 8 heteroatoms. The Hall–Kier alpha value is -5.50. The van der Waals surface area contributed by atoms with E-state index >= 15 is 0 Å². The van der Waals surface area contributed by atoms with Gasteiger partial charge in [0.25, 0.3) is 11.5 Å². The summed E-state index contributed by atoms with van der Waals surface area (Å²) in [6, 6.07) is 28.4. The van der Waals surface area contributed by atoms with Crippen molar-refractivity contribution in [2.75, 3.05) is 20.8 Å². The monoisotopic (exact) mass is 601 g/mol. The molecular weight excluding hydrogens is 566 g/mol. The molecule has 0 aliphatic carbocycles. The first-order chi connectivity index (χ1) is 21.8. The number of H-pyrrole nitrogens is 1. The Morgan fingerprint density at radius 3 is 2.33 bits per heavy atom. The number of carbonyl (C=O) groups is 1. The van der Waals surface area contributed by atoms with Crippen molar-refractivity contribution >= 4 is 27.7 Å². The first-order valence-electron chi connectivity index (χ1n) is 14.8. The van der Waals surface area contributed by atoms with Gasteiger partial charge in [0.2, 0.25) is 0 Å². The molecule has 6 rings (SSSR count). The van der Waals surface area contributed by atoms with E-state index in [1.54, 1.807) is 36.9 Å². The predicted molar refractivity (Wildman–Crippen MR) is 177 cm³/mol. The second kappa shape index (κ2) is 12.2. The van der Waals surface area contributed by atoms with Crippen molar-refractivity contribution in [2.24, 2.45) is 7.05 Å². The number of methoxy groups -OCH3 is 2. The molecule has 228 valence electrons. The minimum absolute atomic E-state index is 0.0364. The zero-order valence-corrected chi connectivity index (χ0v) is 25.7. The Bertz CT molecular complexity index is 2090. The summed E-state index contributed by atoms with van der Waals surface area (Å²) in [6.45, 7) is 2.35. The lowest BCUT2D eigenvalue weighted by Crippen LogP contribution is -2.27. The number of hydrogen-bond acceptors (Lipinski definition) is 5. The number of aromatic nitrogens is 2. The largest absolute Gasteiger partial charge is 0.507 e. The first kappa shape index (κ1) is 29.6. The molecule has 0 radical (unpaired) electrons. The molecule has 0 aliphatic heterocycles. The number of amides is 1. The maximum Gasteiger partial charge on any atom is 0.258 e. The molecule has 1 unspecified atom stereocenters. The number of aryl methyl sites for hydroxylation is 2. The van der Waals surface area contributed by atoms with Crippen molar-refractivity contribution in [3.05, 3.63) is 135 Å². The summed E-state index contributed by atoms with van der Waals surface area (Å²) in [5, 5.41) is 16.3. The molecule has 6 aromatic rings. The molecule has 0 aliphatic rings. The van der Waals surface area contributed by atoms with Crippen LogP contribution in [0.3, 0.4) is 0 Å². The van der Waals surface area contributed by atoms with Crippen molar-refractivity contribution < 1.29 is 19.4 Å². The zero-order chi connectivity index (χ0) is 31.7. The molecule has 2 aromatic heterocycles. The summed E-state index contributed by atoms with van der Waals surface area (Å²) in [7, 11) is 4.81. The molecule has 1 atom stereocenters. The summed E-state index contributed by atoms with van der Waals surface area (Å²) in [4.78, 5) is 30.8. The molecule has 8 nitrogen and oxygen atoms in total. The second-order valence-electron chi connectivity index (χ2n) is 11.1. The number of benzene rings is 4. The fraction of sp³-hybridized carbons (Fsp3) is 0.189. The lowest BCUT2D eigenvalue weighted by molar-refractivity contribution is 0.0953. The summed E-state index contributed by atoms with van der Waals surface area (Å²) < 4.78 is 12.3. The molecule has 2 heterocycles. The zero-order valence-electron chi connectivity index (χ0n) is 25.7. The standard InChI is InChI=1S/C37H35N3O5/c1-22-13-15-23(16-14-22)32(33-35(41)27-10-6-8-12-29(27)40(2)37(33)43)34-26(25-9-5-7-11-28(25)39-34)19-20-38-36(42)24-17-18-30(44-3)31(21-24)45-4/h5-18,21,32,39,41H,19-20H2,1-4H3,(H,38,42). The molecule has 0 saturated carbocycles. The average Bonchev–Trinajstić information content (AvgIpc) is 3.43. The number of aromatic hydroxyl groups is 1. The van der Waals surface area contributed by atoms with Crippen molar-refractivity contribution in [1.29, 1.82) is 0 Å². The summed E-state index contributed by atoms with van der Waals surface area (Å²) in [6.07, 6.45) is 0.482. The number of hydrogen-bond donors (Lipinski definition) is 3. The Morgan fingerprint density at radius 2 is 1.60 bits per heavy atom. The first-order valence-corrected chi connectivity index (χ1v) is 14.8. The van der Waals surface area contributed by atoms with Gasteiger partial charge in [-0.1, -0.05) is 60.2 Å². The van der Waals surface area contributed by atoms with E-state index in [1.165, 1.54) is 7.11 Å². The SMILES string of the molecule is COc1ccc(C(=O)NCCc2c(C(c3ccc(C)cc3)c3c(O)c4ccccc4n(C)c3=O)[nH]c3ccccc23)cc1OC. The van der Waals surface area contributed by atoms with Crippen molar-refractivity contribution in [3.63, 3.8) is 0 Å². The fourth-order valence-electron chi connectivity index (χ4n) is 6.12. The fourth-order valence-corrected chi connectivity index (χ4v) is 6.12. The van der Waals surface area contributed by atoms with E-state index < -0.39 is 5.92 Å². The van der Waals surface area contributed by atoms with Crippen LogP contribution in [-0.4, -0.2) is 41.3 Å². The lowest BCUT2D eigenvalue weighted by atomic mass is 9.85. The van der Waals surface area contributed by atoms with Gasteiger partial charge < -0.3 is 29.4 Å². The van der Waals surface area contributed by atoms with Crippen LogP contribution in [-0.2, 0) is 13.5 Å². The average molecular weight is 602 g/mol. The van der Waals surface area contributed by atoms with Crippen LogP contribution in [0.4, 0.5) is 0 Å². The van der Waals surface area contributed by atoms with E-state index in [4.69, 9.17) is 9.47 Å². The number of rotatable bonds is 9. The van der Waals surface area contributed by atoms with E-state index in [-0.39, 0.29) is 17.2 Å². The van der Waals surface area contributed by atoms with Crippen LogP contribution >= 0.6 is 0 Å². The van der Waals surface area contributed by atoms with Gasteiger partial charge in [-0.15, -0.1) is 0 Å². The van der Waals surface area contributed by atoms with Crippen LogP contribution in [0.5, 0.6) is 17.2 Å². The number of pyridine rings is 1. The van der Waals surface area contributed by atoms with Gasteiger partial charge in [-0.25, -0.2) is 0 Å². The van der Waals surface area contributed by atoms with Gasteiger partial charge in [0, 0.05) is 41.1 Å². The number of fused-ring (bicyclic) bond motifs is 2. The van der Waals surface area contributed by atoms with Crippen molar-refractivity contribution in [3.8, 4) is 17.2 Å². The maximum atomic E-state index is 14.1. The van der Waals surface area contributed by atoms with Gasteiger partial charge >= 0.3 is 0 Å². The van der Waals surface area contributed by atoms with Crippen LogP contribution in [0.25, 0.3) is 21.8 Å². The predicted octanol–water partition coefficient (Wildman–Crippen LogP) is 6.20. The Morgan fingerprint density at radius 1 is 0.911 bits per heavy atom. The van der Waals surface area contributed by atoms with Crippen LogP contribution in [0.1, 0.15) is 44.2 Å². The van der Waals surface area contributed by atoms with Crippen LogP contribution in [0.15, 0.2) is 95.8 Å². The van der Waals surface area contributed by atoms with Gasteiger partial charge in [-0.2, -0.15) is 0 Å². The van der Waals surface area contributed by atoms with Gasteiger partial charge in [-0.3, -0.25) is 9.59 Å². The van der Waals surface area contributed by atoms with Crippen LogP contribution < -0.4 is 20.3 Å². The minimum atomic E-state index is -0.599. The minimum Gasteiger partial charge on any atom is -0.507 e. The highest BCUT2D eigenvalue weighted by atomic mass is 16.5. The second-order valence-corrected chi connectivity index (χ2v) is 11.1. The summed E-state index contributed by atoms with van der Waals surface area (Å²) >= 11 is 0. The van der Waals surface area contributed by atoms with Crippen molar-refractivity contribution in [2.45, 2.75) is 19.3 Å². The summed E-state index contributed by atoms with van der Waals surface area (Å²) in [5.74, 6) is 0.140. The Kier molecular flexibility index (Phi) is 8.04. The third-order valence-corrected chi connectivity index (χ3v) is 8.45. The molecule has 45 heavy (non-hydrogen) atoms. The van der Waals surface area contributed by atoms with Gasteiger partial charge in [0.05, 0.1) is 31.2 Å². The third-order valence-electron chi connectivity index (χ3n) is 8.45. The molecule has 4 aromatic carbocycles. The number of nitrogens with zero attached hydrogens (tertiary/aromatic N) is 1. The van der Waals surface area contributed by atoms with E-state index in [0.717, 1.165) is 33.3 Å². The lowest BCUT2D eigenvalue weighted by Gasteiger charge is -2.22.